The number of Topliss-reactive ketones (excluding diaryl/α,β-unsaturated/α-hetero) is 1. The molecule has 2 fully saturated rings. The molecule has 2 aliphatic rings. The number of amides is 4. The number of nitrogens with zero attached hydrogens (tertiary/aromatic N) is 2. The minimum atomic E-state index is -0.745. The minimum absolute atomic E-state index is 0.00169. The summed E-state index contributed by atoms with van der Waals surface area (Å²) in [4.78, 5) is 57.2. The van der Waals surface area contributed by atoms with Gasteiger partial charge in [0.05, 0.1) is 17.5 Å². The molecule has 0 spiro atoms. The summed E-state index contributed by atoms with van der Waals surface area (Å²) in [6.45, 7) is 8.93. The number of fused-ring (bicyclic) bond motifs is 1. The van der Waals surface area contributed by atoms with Gasteiger partial charge in [-0.05, 0) is 42.4 Å². The number of benzene rings is 1. The number of hydrogen-bond acceptors (Lipinski definition) is 5. The van der Waals surface area contributed by atoms with E-state index in [2.05, 4.69) is 10.6 Å². The Kier molecular flexibility index (Phi) is 8.32. The third-order valence-corrected chi connectivity index (χ3v) is 7.96. The van der Waals surface area contributed by atoms with E-state index >= 15 is 0 Å². The Hall–Kier alpha value is -3.20. The van der Waals surface area contributed by atoms with Crippen molar-refractivity contribution in [3.8, 4) is 10.4 Å². The smallest absolute Gasteiger partial charge is 0.318 e. The van der Waals surface area contributed by atoms with Crippen LogP contribution in [0.15, 0.2) is 42.5 Å². The molecule has 3 heterocycles. The van der Waals surface area contributed by atoms with Gasteiger partial charge in [-0.3, -0.25) is 14.4 Å². The van der Waals surface area contributed by atoms with E-state index in [-0.39, 0.29) is 42.1 Å². The molecule has 0 aliphatic carbocycles. The molecule has 198 valence electrons. The lowest BCUT2D eigenvalue weighted by Gasteiger charge is -2.29. The third kappa shape index (κ3) is 6.04. The number of thiophene rings is 1. The Morgan fingerprint density at radius 3 is 2.41 bits per heavy atom. The van der Waals surface area contributed by atoms with Gasteiger partial charge in [-0.15, -0.1) is 11.3 Å². The maximum Gasteiger partial charge on any atom is 0.318 e. The topological polar surface area (TPSA) is 98.8 Å². The summed E-state index contributed by atoms with van der Waals surface area (Å²) in [5.41, 5.74) is 1.03. The maximum absolute atomic E-state index is 13.7. The number of carbonyl (C=O) groups is 4. The van der Waals surface area contributed by atoms with Crippen molar-refractivity contribution >= 4 is 35.0 Å². The van der Waals surface area contributed by atoms with Crippen LogP contribution >= 0.6 is 11.3 Å². The first-order valence-corrected chi connectivity index (χ1v) is 13.8. The highest BCUT2D eigenvalue weighted by Gasteiger charge is 2.52. The van der Waals surface area contributed by atoms with E-state index in [1.807, 2.05) is 64.1 Å². The van der Waals surface area contributed by atoms with E-state index in [9.17, 15) is 19.2 Å². The molecular formula is C28H36N4O4S. The van der Waals surface area contributed by atoms with Crippen molar-refractivity contribution in [3.05, 3.63) is 47.3 Å². The zero-order chi connectivity index (χ0) is 26.7. The second kappa shape index (κ2) is 11.5. The molecule has 2 saturated heterocycles. The summed E-state index contributed by atoms with van der Waals surface area (Å²) < 4.78 is 0. The Balaban J connectivity index is 1.46. The molecule has 2 N–H and O–H groups in total. The highest BCUT2D eigenvalue weighted by molar-refractivity contribution is 7.17. The maximum atomic E-state index is 13.7. The minimum Gasteiger partial charge on any atom is -0.340 e. The second-order valence-electron chi connectivity index (χ2n) is 10.7. The fourth-order valence-corrected chi connectivity index (χ4v) is 5.99. The molecule has 0 saturated carbocycles. The lowest BCUT2D eigenvalue weighted by atomic mass is 10.0. The fourth-order valence-electron chi connectivity index (χ4n) is 5.07. The van der Waals surface area contributed by atoms with Crippen LogP contribution in [0.25, 0.3) is 10.4 Å². The summed E-state index contributed by atoms with van der Waals surface area (Å²) in [6, 6.07) is 11.5. The molecule has 9 heteroatoms. The largest absolute Gasteiger partial charge is 0.340 e. The first-order valence-electron chi connectivity index (χ1n) is 13.0. The summed E-state index contributed by atoms with van der Waals surface area (Å²) in [5.74, 6) is -0.224. The number of rotatable bonds is 8. The second-order valence-corrected chi connectivity index (χ2v) is 11.8. The van der Waals surface area contributed by atoms with Crippen molar-refractivity contribution in [2.75, 3.05) is 19.6 Å². The van der Waals surface area contributed by atoms with E-state index in [1.54, 1.807) is 15.9 Å². The number of urea groups is 1. The molecule has 4 rings (SSSR count). The zero-order valence-electron chi connectivity index (χ0n) is 21.9. The van der Waals surface area contributed by atoms with Crippen LogP contribution in [0, 0.1) is 11.8 Å². The van der Waals surface area contributed by atoms with Crippen LogP contribution in [-0.4, -0.2) is 71.2 Å². The van der Waals surface area contributed by atoms with Crippen molar-refractivity contribution in [1.29, 1.82) is 0 Å². The van der Waals surface area contributed by atoms with Crippen molar-refractivity contribution in [3.63, 3.8) is 0 Å². The SMILES string of the molecule is CC(C)CNC(=O)N1CC(=O)C2C1CCN2C(=O)C(CC(C)C)NC(=O)c1ccc(-c2ccccc2)s1. The number of carbonyl (C=O) groups excluding carboxylic acids is 4. The molecule has 3 unspecified atom stereocenters. The van der Waals surface area contributed by atoms with E-state index in [4.69, 9.17) is 0 Å². The lowest BCUT2D eigenvalue weighted by molar-refractivity contribution is -0.138. The van der Waals surface area contributed by atoms with E-state index in [1.165, 1.54) is 11.3 Å². The van der Waals surface area contributed by atoms with E-state index in [0.717, 1.165) is 10.4 Å². The highest BCUT2D eigenvalue weighted by atomic mass is 32.1. The molecule has 3 atom stereocenters. The molecule has 1 aromatic heterocycles. The van der Waals surface area contributed by atoms with Gasteiger partial charge >= 0.3 is 6.03 Å². The molecule has 0 radical (unpaired) electrons. The van der Waals surface area contributed by atoms with Gasteiger partial charge in [0.2, 0.25) is 5.91 Å². The van der Waals surface area contributed by atoms with Gasteiger partial charge in [0, 0.05) is 18.0 Å². The van der Waals surface area contributed by atoms with E-state index in [0.29, 0.717) is 36.7 Å². The number of likely N-dealkylation sites (tertiary alicyclic amines) is 2. The summed E-state index contributed by atoms with van der Waals surface area (Å²) >= 11 is 1.38. The predicted octanol–water partition coefficient (Wildman–Crippen LogP) is 3.78. The molecule has 1 aromatic carbocycles. The molecule has 2 aliphatic heterocycles. The van der Waals surface area contributed by atoms with Gasteiger partial charge in [-0.25, -0.2) is 4.79 Å². The monoisotopic (exact) mass is 524 g/mol. The lowest BCUT2D eigenvalue weighted by Crippen LogP contribution is -2.53. The van der Waals surface area contributed by atoms with Crippen molar-refractivity contribution < 1.29 is 19.2 Å². The first-order chi connectivity index (χ1) is 17.7. The van der Waals surface area contributed by atoms with Crippen molar-refractivity contribution in [2.24, 2.45) is 11.8 Å². The van der Waals surface area contributed by atoms with Crippen molar-refractivity contribution in [2.45, 2.75) is 58.7 Å². The van der Waals surface area contributed by atoms with Crippen molar-refractivity contribution in [1.82, 2.24) is 20.4 Å². The van der Waals surface area contributed by atoms with Crippen LogP contribution in [0.5, 0.6) is 0 Å². The quantitative estimate of drug-likeness (QED) is 0.549. The van der Waals surface area contributed by atoms with Crippen LogP contribution in [0.2, 0.25) is 0 Å². The van der Waals surface area contributed by atoms with Gasteiger partial charge in [-0.1, -0.05) is 58.0 Å². The molecule has 8 nitrogen and oxygen atoms in total. The van der Waals surface area contributed by atoms with Gasteiger partial charge in [0.15, 0.2) is 5.78 Å². The predicted molar refractivity (Wildman–Crippen MR) is 144 cm³/mol. The Labute approximate surface area is 222 Å². The molecular weight excluding hydrogens is 488 g/mol. The average Bonchev–Trinajstić information content (AvgIpc) is 3.59. The highest BCUT2D eigenvalue weighted by Crippen LogP contribution is 2.31. The Bertz CT molecular complexity index is 1150. The fraction of sp³-hybridized carbons (Fsp3) is 0.500. The van der Waals surface area contributed by atoms with E-state index < -0.39 is 12.1 Å². The molecule has 37 heavy (non-hydrogen) atoms. The number of hydrogen-bond donors (Lipinski definition) is 2. The molecule has 2 aromatic rings. The van der Waals surface area contributed by atoms with Gasteiger partial charge in [-0.2, -0.15) is 0 Å². The Morgan fingerprint density at radius 2 is 1.73 bits per heavy atom. The average molecular weight is 525 g/mol. The zero-order valence-corrected chi connectivity index (χ0v) is 22.7. The standard InChI is InChI=1S/C28H36N4O4S/c1-17(2)14-20(30-26(34)24-11-10-23(37-24)19-8-6-5-7-9-19)27(35)31-13-12-21-25(31)22(33)16-32(21)28(36)29-15-18(3)4/h5-11,17-18,20-21,25H,12-16H2,1-4H3,(H,29,36)(H,30,34). The molecule has 0 bridgehead atoms. The van der Waals surface area contributed by atoms with Gasteiger partial charge in [0.25, 0.3) is 5.91 Å². The normalized spacial score (nSPS) is 19.9. The third-order valence-electron chi connectivity index (χ3n) is 6.83. The number of nitrogens with one attached hydrogen (secondary N) is 2. The summed E-state index contributed by atoms with van der Waals surface area (Å²) in [7, 11) is 0. The van der Waals surface area contributed by atoms with Crippen LogP contribution < -0.4 is 10.6 Å². The van der Waals surface area contributed by atoms with Gasteiger partial charge in [0.1, 0.15) is 12.1 Å². The van der Waals surface area contributed by atoms with Crippen LogP contribution in [-0.2, 0) is 9.59 Å². The summed E-state index contributed by atoms with van der Waals surface area (Å²) in [6.07, 6.45) is 1.01. The summed E-state index contributed by atoms with van der Waals surface area (Å²) in [5, 5.41) is 5.83. The first kappa shape index (κ1) is 26.9. The van der Waals surface area contributed by atoms with Crippen LogP contribution in [0.3, 0.4) is 0 Å². The number of ketones is 1. The van der Waals surface area contributed by atoms with Crippen LogP contribution in [0.1, 0.15) is 50.2 Å². The van der Waals surface area contributed by atoms with Crippen LogP contribution in [0.4, 0.5) is 4.79 Å². The Morgan fingerprint density at radius 1 is 1.00 bits per heavy atom. The van der Waals surface area contributed by atoms with Gasteiger partial charge < -0.3 is 20.4 Å². The molecule has 4 amide bonds.